The lowest BCUT2D eigenvalue weighted by atomic mass is 10.0. The Labute approximate surface area is 125 Å². The van der Waals surface area contributed by atoms with E-state index in [0.717, 1.165) is 4.68 Å². The minimum Gasteiger partial charge on any atom is -0.468 e. The Hall–Kier alpha value is -1.41. The van der Waals surface area contributed by atoms with Crippen molar-refractivity contribution in [2.45, 2.75) is 32.4 Å². The van der Waals surface area contributed by atoms with Gasteiger partial charge in [-0.15, -0.1) is 0 Å². The zero-order valence-electron chi connectivity index (χ0n) is 11.6. The molecule has 1 unspecified atom stereocenters. The lowest BCUT2D eigenvalue weighted by Gasteiger charge is -2.22. The summed E-state index contributed by atoms with van der Waals surface area (Å²) in [6.45, 7) is 3.59. The van der Waals surface area contributed by atoms with E-state index in [2.05, 4.69) is 31.1 Å². The highest BCUT2D eigenvalue weighted by atomic mass is 79.9. The van der Waals surface area contributed by atoms with Crippen molar-refractivity contribution in [2.24, 2.45) is 0 Å². The smallest absolute Gasteiger partial charge is 0.327 e. The van der Waals surface area contributed by atoms with Crippen LogP contribution in [0.4, 0.5) is 5.69 Å². The van der Waals surface area contributed by atoms with E-state index in [1.807, 2.05) is 6.92 Å². The van der Waals surface area contributed by atoms with Crippen molar-refractivity contribution >= 4 is 27.6 Å². The summed E-state index contributed by atoms with van der Waals surface area (Å²) >= 11 is 3.16. The first-order chi connectivity index (χ1) is 9.30. The Morgan fingerprint density at radius 1 is 1.65 bits per heavy atom. The molecule has 0 saturated heterocycles. The molecule has 0 aromatic carbocycles. The third-order valence-corrected chi connectivity index (χ3v) is 3.68. The molecular weight excluding hydrogens is 330 g/mol. The van der Waals surface area contributed by atoms with Crippen molar-refractivity contribution < 1.29 is 14.6 Å². The predicted octanol–water partition coefficient (Wildman–Crippen LogP) is 0.752. The average molecular weight is 348 g/mol. The van der Waals surface area contributed by atoms with Crippen LogP contribution in [-0.2, 0) is 16.1 Å². The van der Waals surface area contributed by atoms with E-state index in [1.54, 1.807) is 6.92 Å². The first kappa shape index (κ1) is 16.6. The monoisotopic (exact) mass is 347 g/mol. The maximum Gasteiger partial charge on any atom is 0.327 e. The van der Waals surface area contributed by atoms with Crippen LogP contribution in [0.3, 0.4) is 0 Å². The van der Waals surface area contributed by atoms with Crippen LogP contribution in [-0.4, -0.2) is 40.1 Å². The highest BCUT2D eigenvalue weighted by Gasteiger charge is 2.18. The number of esters is 1. The number of ether oxygens (including phenoxy) is 1. The maximum absolute atomic E-state index is 12.0. The Morgan fingerprint density at radius 2 is 2.30 bits per heavy atom. The van der Waals surface area contributed by atoms with Crippen molar-refractivity contribution in [3.8, 4) is 0 Å². The number of methoxy groups -OCH3 is 1. The van der Waals surface area contributed by atoms with E-state index in [0.29, 0.717) is 12.1 Å². The zero-order chi connectivity index (χ0) is 15.3. The van der Waals surface area contributed by atoms with Crippen LogP contribution in [0.25, 0.3) is 0 Å². The molecule has 1 aromatic rings. The highest BCUT2D eigenvalue weighted by molar-refractivity contribution is 9.10. The van der Waals surface area contributed by atoms with Crippen molar-refractivity contribution in [1.29, 1.82) is 0 Å². The Kier molecular flexibility index (Phi) is 5.70. The lowest BCUT2D eigenvalue weighted by Crippen LogP contribution is -2.34. The number of hydrogen-bond acceptors (Lipinski definition) is 6. The molecule has 2 N–H and O–H groups in total. The first-order valence-corrected chi connectivity index (χ1v) is 6.88. The maximum atomic E-state index is 12.0. The molecule has 7 nitrogen and oxygen atoms in total. The molecule has 112 valence electrons. The molecule has 8 heteroatoms. The molecule has 0 radical (unpaired) electrons. The molecule has 0 aliphatic heterocycles. The molecule has 0 aliphatic rings. The van der Waals surface area contributed by atoms with Gasteiger partial charge in [0, 0.05) is 6.54 Å². The minimum atomic E-state index is -0.875. The van der Waals surface area contributed by atoms with E-state index in [1.165, 1.54) is 13.3 Å². The van der Waals surface area contributed by atoms with Crippen molar-refractivity contribution in [1.82, 2.24) is 9.78 Å². The second-order valence-electron chi connectivity index (χ2n) is 4.62. The van der Waals surface area contributed by atoms with Crippen LogP contribution in [0.1, 0.15) is 20.3 Å². The van der Waals surface area contributed by atoms with Crippen molar-refractivity contribution in [2.75, 3.05) is 19.0 Å². The highest BCUT2D eigenvalue weighted by Crippen LogP contribution is 2.18. The lowest BCUT2D eigenvalue weighted by molar-refractivity contribution is -0.141. The number of rotatable bonds is 6. The van der Waals surface area contributed by atoms with Gasteiger partial charge in [-0.3, -0.25) is 9.59 Å². The standard InChI is InChI=1S/C12H18BrN3O4/c1-4-12(2,19)7-14-8-5-15-16(6-9(17)20-3)11(18)10(8)13/h5,14,19H,4,6-7H2,1-3H3. The van der Waals surface area contributed by atoms with Gasteiger partial charge >= 0.3 is 5.97 Å². The van der Waals surface area contributed by atoms with Crippen LogP contribution >= 0.6 is 15.9 Å². The number of nitrogens with one attached hydrogen (secondary N) is 1. The fourth-order valence-corrected chi connectivity index (χ4v) is 1.75. The van der Waals surface area contributed by atoms with Crippen LogP contribution in [0.5, 0.6) is 0 Å². The third kappa shape index (κ3) is 4.31. The van der Waals surface area contributed by atoms with Gasteiger partial charge in [0.2, 0.25) is 0 Å². The summed E-state index contributed by atoms with van der Waals surface area (Å²) in [5.74, 6) is -0.555. The normalized spacial score (nSPS) is 13.7. The summed E-state index contributed by atoms with van der Waals surface area (Å²) in [6.07, 6.45) is 1.99. The fourth-order valence-electron chi connectivity index (χ4n) is 1.30. The number of carbonyl (C=O) groups excluding carboxylic acids is 1. The minimum absolute atomic E-state index is 0.249. The molecule has 20 heavy (non-hydrogen) atoms. The topological polar surface area (TPSA) is 93.5 Å². The quantitative estimate of drug-likeness (QED) is 0.737. The summed E-state index contributed by atoms with van der Waals surface area (Å²) in [6, 6.07) is 0. The zero-order valence-corrected chi connectivity index (χ0v) is 13.2. The third-order valence-electron chi connectivity index (χ3n) is 2.91. The number of aliphatic hydroxyl groups is 1. The van der Waals surface area contributed by atoms with Gasteiger partial charge in [0.05, 0.1) is 24.6 Å². The van der Waals surface area contributed by atoms with Crippen molar-refractivity contribution in [3.63, 3.8) is 0 Å². The predicted molar refractivity (Wildman–Crippen MR) is 77.6 cm³/mol. The van der Waals surface area contributed by atoms with Gasteiger partial charge in [-0.1, -0.05) is 6.92 Å². The molecular formula is C12H18BrN3O4. The molecule has 1 aromatic heterocycles. The summed E-state index contributed by atoms with van der Waals surface area (Å²) < 4.78 is 5.74. The molecule has 0 spiro atoms. The molecule has 0 amide bonds. The average Bonchev–Trinajstić information content (AvgIpc) is 2.43. The van der Waals surface area contributed by atoms with E-state index in [-0.39, 0.29) is 17.6 Å². The summed E-state index contributed by atoms with van der Waals surface area (Å²) in [4.78, 5) is 23.1. The largest absolute Gasteiger partial charge is 0.468 e. The molecule has 0 saturated carbocycles. The number of carbonyl (C=O) groups is 1. The van der Waals surface area contributed by atoms with Gasteiger partial charge in [-0.25, -0.2) is 4.68 Å². The van der Waals surface area contributed by atoms with Crippen LogP contribution < -0.4 is 10.9 Å². The van der Waals surface area contributed by atoms with Crippen LogP contribution in [0.2, 0.25) is 0 Å². The number of halogens is 1. The van der Waals surface area contributed by atoms with E-state index in [4.69, 9.17) is 0 Å². The molecule has 1 rings (SSSR count). The van der Waals surface area contributed by atoms with Crippen molar-refractivity contribution in [3.05, 3.63) is 21.0 Å². The van der Waals surface area contributed by atoms with Gasteiger partial charge in [-0.05, 0) is 29.3 Å². The van der Waals surface area contributed by atoms with E-state index >= 15 is 0 Å². The van der Waals surface area contributed by atoms with Gasteiger partial charge in [0.15, 0.2) is 0 Å². The first-order valence-electron chi connectivity index (χ1n) is 6.09. The van der Waals surface area contributed by atoms with Gasteiger partial charge in [0.1, 0.15) is 11.0 Å². The number of hydrogen-bond donors (Lipinski definition) is 2. The molecule has 1 atom stereocenters. The molecule has 1 heterocycles. The summed E-state index contributed by atoms with van der Waals surface area (Å²) in [5, 5.41) is 16.7. The molecule has 0 aliphatic carbocycles. The SMILES string of the molecule is CCC(C)(O)CNc1cnn(CC(=O)OC)c(=O)c1Br. The second-order valence-corrected chi connectivity index (χ2v) is 5.41. The van der Waals surface area contributed by atoms with Gasteiger partial charge in [0.25, 0.3) is 5.56 Å². The Bertz CT molecular complexity index is 542. The summed E-state index contributed by atoms with van der Waals surface area (Å²) in [5.41, 5.74) is -0.860. The number of anilines is 1. The Balaban J connectivity index is 2.89. The van der Waals surface area contributed by atoms with Crippen LogP contribution in [0.15, 0.2) is 15.5 Å². The fraction of sp³-hybridized carbons (Fsp3) is 0.583. The number of nitrogens with zero attached hydrogens (tertiary/aromatic N) is 2. The second kappa shape index (κ2) is 6.85. The number of aromatic nitrogens is 2. The van der Waals surface area contributed by atoms with E-state index in [9.17, 15) is 14.7 Å². The van der Waals surface area contributed by atoms with E-state index < -0.39 is 17.1 Å². The van der Waals surface area contributed by atoms with Gasteiger partial charge < -0.3 is 15.2 Å². The van der Waals surface area contributed by atoms with Gasteiger partial charge in [-0.2, -0.15) is 5.10 Å². The molecule has 0 bridgehead atoms. The molecule has 0 fully saturated rings. The summed E-state index contributed by atoms with van der Waals surface area (Å²) in [7, 11) is 1.24. The van der Waals surface area contributed by atoms with Crippen LogP contribution in [0, 0.1) is 0 Å². The Morgan fingerprint density at radius 3 is 2.85 bits per heavy atom.